The molecule has 2 unspecified atom stereocenters. The summed E-state index contributed by atoms with van der Waals surface area (Å²) in [6.07, 6.45) is 0.551. The lowest BCUT2D eigenvalue weighted by atomic mass is 9.90. The predicted octanol–water partition coefficient (Wildman–Crippen LogP) is 3.63. The lowest BCUT2D eigenvalue weighted by Gasteiger charge is -2.44. The third-order valence-corrected chi connectivity index (χ3v) is 9.26. The fourth-order valence-electron chi connectivity index (χ4n) is 5.89. The number of hydrogen-bond acceptors (Lipinski definition) is 9. The van der Waals surface area contributed by atoms with Crippen molar-refractivity contribution in [3.05, 3.63) is 66.2 Å². The molecule has 0 spiro atoms. The zero-order valence-corrected chi connectivity index (χ0v) is 26.7. The Morgan fingerprint density at radius 3 is 2.28 bits per heavy atom. The molecule has 8 nitrogen and oxygen atoms in total. The second kappa shape index (κ2) is 16.1. The summed E-state index contributed by atoms with van der Waals surface area (Å²) in [5.74, 6) is -0.211. The third kappa shape index (κ3) is 8.14. The number of alkyl halides is 1. The molecule has 5 N–H and O–H groups in total. The number of hydrogen-bond donors (Lipinski definition) is 5. The highest BCUT2D eigenvalue weighted by molar-refractivity contribution is 7.99. The minimum Gasteiger partial charge on any atom is -0.388 e. The highest BCUT2D eigenvalue weighted by atomic mass is 35.5. The summed E-state index contributed by atoms with van der Waals surface area (Å²) in [6, 6.07) is 17.4. The zero-order chi connectivity index (χ0) is 31.1. The first kappa shape index (κ1) is 34.2. The van der Waals surface area contributed by atoms with E-state index in [1.165, 1.54) is 29.2 Å². The summed E-state index contributed by atoms with van der Waals surface area (Å²) in [6.45, 7) is 2.70. The Morgan fingerprint density at radius 2 is 1.65 bits per heavy atom. The second-order valence-electron chi connectivity index (χ2n) is 10.9. The molecule has 2 aromatic carbocycles. The number of carbonyl (C=O) groups is 1. The average Bonchev–Trinajstić information content (AvgIpc) is 3.29. The second-order valence-corrected chi connectivity index (χ2v) is 12.8. The Bertz CT molecular complexity index is 1210. The number of allylic oxidation sites excluding steroid dienone is 1. The quantitative estimate of drug-likeness (QED) is 0.285. The van der Waals surface area contributed by atoms with Gasteiger partial charge in [0, 0.05) is 30.9 Å². The zero-order valence-electron chi connectivity index (χ0n) is 24.3. The molecular weight excluding hydrogens is 615 g/mol. The van der Waals surface area contributed by atoms with Crippen LogP contribution in [0.1, 0.15) is 18.9 Å². The van der Waals surface area contributed by atoms with Crippen molar-refractivity contribution in [3.63, 3.8) is 0 Å². The number of aliphatic hydroxyl groups is 3. The molecule has 5 rings (SSSR count). The molecule has 236 valence electrons. The molecule has 0 aromatic heterocycles. The van der Waals surface area contributed by atoms with Crippen LogP contribution in [0, 0.1) is 5.92 Å². The number of ether oxygens (including phenoxy) is 2. The number of carbonyl (C=O) groups excluding carboxylic acids is 1. The topological polar surface area (TPSA) is 120 Å². The van der Waals surface area contributed by atoms with Crippen molar-refractivity contribution >= 4 is 47.0 Å². The average molecular weight is 655 g/mol. The Morgan fingerprint density at radius 1 is 1.02 bits per heavy atom. The number of benzene rings is 2. The molecule has 0 bridgehead atoms. The van der Waals surface area contributed by atoms with Gasteiger partial charge in [-0.15, -0.1) is 23.4 Å². The predicted molar refractivity (Wildman–Crippen MR) is 172 cm³/mol. The fourth-order valence-corrected chi connectivity index (χ4v) is 6.78. The standard InChI is InChI=1S/C30H37ClN2O6S.CH3FS/c1-16(31)22(28-25(35)24(34)26(36)30(39-28)40-2)33-29(37)23-27-21(15-32-23)14-20(12-13-38-27)19-10-8-18(9-11-19)17-6-4-3-5-7-17;1-3-2/h3-12,16,21-28,30,32,34-36H,13-15H2,1-2H3,(H,33,37);1H3/t16-,21-,22+,23-,24+,25?,26+,27+,28+,30?;/m0./s1. The largest absolute Gasteiger partial charge is 0.388 e. The molecule has 0 radical (unpaired) electrons. The molecule has 3 heterocycles. The fraction of sp³-hybridized carbons (Fsp3) is 0.516. The Hall–Kier alpha value is -1.67. The number of fused-ring (bicyclic) bond motifs is 1. The van der Waals surface area contributed by atoms with E-state index in [1.54, 1.807) is 13.2 Å². The molecule has 0 saturated carbocycles. The van der Waals surface area contributed by atoms with Crippen molar-refractivity contribution < 1.29 is 33.5 Å². The summed E-state index contributed by atoms with van der Waals surface area (Å²) < 4.78 is 22.3. The monoisotopic (exact) mass is 654 g/mol. The Labute approximate surface area is 266 Å². The van der Waals surface area contributed by atoms with Crippen LogP contribution >= 0.6 is 35.5 Å². The van der Waals surface area contributed by atoms with Crippen LogP contribution in [-0.2, 0) is 14.3 Å². The molecule has 2 aromatic rings. The van der Waals surface area contributed by atoms with Crippen LogP contribution in [-0.4, -0.2) is 100 Å². The number of aliphatic hydroxyl groups excluding tert-OH is 3. The number of rotatable bonds is 7. The summed E-state index contributed by atoms with van der Waals surface area (Å²) in [7, 11) is 0. The minimum atomic E-state index is -1.42. The van der Waals surface area contributed by atoms with Crippen molar-refractivity contribution in [1.82, 2.24) is 10.6 Å². The van der Waals surface area contributed by atoms with E-state index in [1.807, 2.05) is 18.2 Å². The summed E-state index contributed by atoms with van der Waals surface area (Å²) >= 11 is 7.92. The maximum atomic E-state index is 13.5. The van der Waals surface area contributed by atoms with Crippen LogP contribution in [0.5, 0.6) is 0 Å². The van der Waals surface area contributed by atoms with E-state index in [0.29, 0.717) is 13.2 Å². The van der Waals surface area contributed by atoms with Gasteiger partial charge in [-0.3, -0.25) is 4.79 Å². The summed E-state index contributed by atoms with van der Waals surface area (Å²) in [4.78, 5) is 13.5. The van der Waals surface area contributed by atoms with E-state index in [9.17, 15) is 24.0 Å². The van der Waals surface area contributed by atoms with Crippen molar-refractivity contribution in [2.45, 2.75) is 66.8 Å². The first-order chi connectivity index (χ1) is 20.7. The van der Waals surface area contributed by atoms with Crippen molar-refractivity contribution in [1.29, 1.82) is 0 Å². The molecule has 0 aliphatic carbocycles. The van der Waals surface area contributed by atoms with Crippen LogP contribution in [0.3, 0.4) is 0 Å². The van der Waals surface area contributed by atoms with Gasteiger partial charge in [0.25, 0.3) is 0 Å². The Balaban J connectivity index is 0.00000135. The third-order valence-electron chi connectivity index (χ3n) is 8.14. The maximum Gasteiger partial charge on any atom is 0.240 e. The smallest absolute Gasteiger partial charge is 0.240 e. The molecule has 1 amide bonds. The van der Waals surface area contributed by atoms with Gasteiger partial charge in [0.05, 0.1) is 24.1 Å². The molecule has 2 saturated heterocycles. The highest BCUT2D eigenvalue weighted by Gasteiger charge is 2.49. The van der Waals surface area contributed by atoms with E-state index in [4.69, 9.17) is 21.1 Å². The number of amides is 1. The Kier molecular flexibility index (Phi) is 12.8. The molecule has 2 fully saturated rings. The van der Waals surface area contributed by atoms with Crippen LogP contribution in [0.4, 0.5) is 3.89 Å². The summed E-state index contributed by atoms with van der Waals surface area (Å²) in [5.41, 5.74) is 3.90. The SMILES string of the molecule is CSC1O[C@H]([C@H](NC(=O)[C@H]2NC[C@@H]3CC(c4ccc(-c5ccccc5)cc4)=CCO[C@H]32)[C@H](C)Cl)C(O)[C@@H](O)[C@H]1O.CSF. The van der Waals surface area contributed by atoms with Crippen LogP contribution < -0.4 is 10.6 Å². The van der Waals surface area contributed by atoms with Crippen molar-refractivity contribution in [2.75, 3.05) is 25.7 Å². The highest BCUT2D eigenvalue weighted by Crippen LogP contribution is 2.34. The minimum absolute atomic E-state index is 0.0968. The van der Waals surface area contributed by atoms with Crippen LogP contribution in [0.15, 0.2) is 60.7 Å². The van der Waals surface area contributed by atoms with Crippen molar-refractivity contribution in [3.8, 4) is 11.1 Å². The molecule has 12 heteroatoms. The van der Waals surface area contributed by atoms with E-state index in [-0.39, 0.29) is 30.1 Å². The van der Waals surface area contributed by atoms with Gasteiger partial charge in [-0.25, -0.2) is 0 Å². The summed E-state index contributed by atoms with van der Waals surface area (Å²) in [5, 5.41) is 36.9. The van der Waals surface area contributed by atoms with Gasteiger partial charge in [-0.2, -0.15) is 3.89 Å². The lowest BCUT2D eigenvalue weighted by molar-refractivity contribution is -0.205. The van der Waals surface area contributed by atoms with Gasteiger partial charge in [-0.05, 0) is 41.9 Å². The maximum absolute atomic E-state index is 13.5. The first-order valence-electron chi connectivity index (χ1n) is 14.2. The van der Waals surface area contributed by atoms with Gasteiger partial charge in [0.2, 0.25) is 5.91 Å². The number of halogens is 2. The van der Waals surface area contributed by atoms with E-state index >= 15 is 0 Å². The molecule has 10 atom stereocenters. The van der Waals surface area contributed by atoms with Gasteiger partial charge in [0.15, 0.2) is 0 Å². The molecule has 3 aliphatic rings. The van der Waals surface area contributed by atoms with Crippen LogP contribution in [0.25, 0.3) is 16.7 Å². The van der Waals surface area contributed by atoms with Gasteiger partial charge in [0.1, 0.15) is 35.9 Å². The lowest BCUT2D eigenvalue weighted by Crippen LogP contribution is -2.65. The molecule has 43 heavy (non-hydrogen) atoms. The molecular formula is C31H40ClFN2O6S2. The number of thioether (sulfide) groups is 1. The number of nitrogens with one attached hydrogen (secondary N) is 2. The van der Waals surface area contributed by atoms with Crippen molar-refractivity contribution in [2.24, 2.45) is 5.92 Å². The van der Waals surface area contributed by atoms with Gasteiger partial charge < -0.3 is 35.4 Å². The van der Waals surface area contributed by atoms with Gasteiger partial charge in [-0.1, -0.05) is 60.7 Å². The van der Waals surface area contributed by atoms with Gasteiger partial charge >= 0.3 is 0 Å². The normalized spacial score (nSPS) is 31.9. The molecule has 3 aliphatic heterocycles. The first-order valence-corrected chi connectivity index (χ1v) is 17.1. The van der Waals surface area contributed by atoms with E-state index in [2.05, 4.69) is 53.1 Å². The van der Waals surface area contributed by atoms with E-state index in [0.717, 1.165) is 17.5 Å². The van der Waals surface area contributed by atoms with Crippen LogP contribution in [0.2, 0.25) is 0 Å². The van der Waals surface area contributed by atoms with E-state index < -0.39 is 47.3 Å².